The molecule has 0 radical (unpaired) electrons. The van der Waals surface area contributed by atoms with E-state index in [2.05, 4.69) is 15.9 Å². The summed E-state index contributed by atoms with van der Waals surface area (Å²) in [7, 11) is 0. The van der Waals surface area contributed by atoms with E-state index in [-0.39, 0.29) is 6.54 Å². The SMILES string of the molecule is O=CCn1cc(C=O)c2cc(Br)ccc21. The van der Waals surface area contributed by atoms with Crippen molar-refractivity contribution in [3.63, 3.8) is 0 Å². The van der Waals surface area contributed by atoms with Crippen molar-refractivity contribution in [1.29, 1.82) is 0 Å². The Bertz CT molecular complexity index is 531. The van der Waals surface area contributed by atoms with Crippen molar-refractivity contribution in [1.82, 2.24) is 4.57 Å². The maximum absolute atomic E-state index is 10.8. The molecule has 0 unspecified atom stereocenters. The molecule has 0 atom stereocenters. The molecule has 0 N–H and O–H groups in total. The third-order valence-electron chi connectivity index (χ3n) is 2.27. The molecule has 0 spiro atoms. The van der Waals surface area contributed by atoms with Gasteiger partial charge in [-0.25, -0.2) is 0 Å². The van der Waals surface area contributed by atoms with Crippen molar-refractivity contribution in [3.05, 3.63) is 34.4 Å². The number of benzene rings is 1. The fourth-order valence-corrected chi connectivity index (χ4v) is 1.98. The maximum Gasteiger partial charge on any atom is 0.152 e. The van der Waals surface area contributed by atoms with Gasteiger partial charge < -0.3 is 9.36 Å². The molecule has 0 aliphatic heterocycles. The number of aldehydes is 2. The second kappa shape index (κ2) is 3.98. The summed E-state index contributed by atoms with van der Waals surface area (Å²) in [4.78, 5) is 21.3. The lowest BCUT2D eigenvalue weighted by Gasteiger charge is -1.98. The second-order valence-corrected chi connectivity index (χ2v) is 4.10. The first-order chi connectivity index (χ1) is 7.26. The third kappa shape index (κ3) is 1.72. The number of aromatic nitrogens is 1. The summed E-state index contributed by atoms with van der Waals surface area (Å²) in [5.41, 5.74) is 1.50. The molecular formula is C11H8BrNO2. The first-order valence-electron chi connectivity index (χ1n) is 4.43. The lowest BCUT2D eigenvalue weighted by molar-refractivity contribution is -0.108. The molecular weight excluding hydrogens is 258 g/mol. The van der Waals surface area contributed by atoms with E-state index >= 15 is 0 Å². The summed E-state index contributed by atoms with van der Waals surface area (Å²) in [6.07, 6.45) is 3.31. The minimum atomic E-state index is 0.270. The van der Waals surface area contributed by atoms with E-state index in [9.17, 15) is 9.59 Å². The van der Waals surface area contributed by atoms with E-state index in [0.29, 0.717) is 5.56 Å². The quantitative estimate of drug-likeness (QED) is 0.800. The highest BCUT2D eigenvalue weighted by molar-refractivity contribution is 9.10. The largest absolute Gasteiger partial charge is 0.340 e. The monoisotopic (exact) mass is 265 g/mol. The Kier molecular flexibility index (Phi) is 2.68. The minimum Gasteiger partial charge on any atom is -0.340 e. The highest BCUT2D eigenvalue weighted by atomic mass is 79.9. The standard InChI is InChI=1S/C11H8BrNO2/c12-9-1-2-11-10(5-9)8(7-15)6-13(11)3-4-14/h1-2,4-7H,3H2. The summed E-state index contributed by atoms with van der Waals surface area (Å²) in [6, 6.07) is 5.65. The Balaban J connectivity index is 2.74. The third-order valence-corrected chi connectivity index (χ3v) is 2.77. The molecule has 3 nitrogen and oxygen atoms in total. The van der Waals surface area contributed by atoms with Crippen LogP contribution < -0.4 is 0 Å². The number of carbonyl (C=O) groups excluding carboxylic acids is 2. The number of nitrogens with zero attached hydrogens (tertiary/aromatic N) is 1. The van der Waals surface area contributed by atoms with Gasteiger partial charge in [0.25, 0.3) is 0 Å². The smallest absolute Gasteiger partial charge is 0.152 e. The molecule has 0 fully saturated rings. The van der Waals surface area contributed by atoms with Crippen LogP contribution in [0, 0.1) is 0 Å². The van der Waals surface area contributed by atoms with Gasteiger partial charge in [0.15, 0.2) is 6.29 Å². The molecule has 15 heavy (non-hydrogen) atoms. The highest BCUT2D eigenvalue weighted by Gasteiger charge is 2.07. The van der Waals surface area contributed by atoms with Gasteiger partial charge in [-0.2, -0.15) is 0 Å². The van der Waals surface area contributed by atoms with E-state index in [4.69, 9.17) is 0 Å². The number of carbonyl (C=O) groups is 2. The number of halogens is 1. The summed E-state index contributed by atoms with van der Waals surface area (Å²) in [5.74, 6) is 0. The van der Waals surface area contributed by atoms with Gasteiger partial charge in [-0.05, 0) is 18.2 Å². The molecule has 1 aromatic heterocycles. The van der Waals surface area contributed by atoms with Crippen molar-refractivity contribution >= 4 is 39.4 Å². The van der Waals surface area contributed by atoms with Gasteiger partial charge in [0.1, 0.15) is 6.29 Å². The van der Waals surface area contributed by atoms with Gasteiger partial charge in [0.2, 0.25) is 0 Å². The molecule has 0 bridgehead atoms. The zero-order valence-electron chi connectivity index (χ0n) is 7.81. The summed E-state index contributed by atoms with van der Waals surface area (Å²) < 4.78 is 2.68. The minimum absolute atomic E-state index is 0.270. The average Bonchev–Trinajstić information content (AvgIpc) is 2.56. The number of rotatable bonds is 3. The van der Waals surface area contributed by atoms with E-state index in [1.54, 1.807) is 10.8 Å². The van der Waals surface area contributed by atoms with E-state index in [1.165, 1.54) is 0 Å². The van der Waals surface area contributed by atoms with Crippen LogP contribution in [0.4, 0.5) is 0 Å². The van der Waals surface area contributed by atoms with Crippen LogP contribution in [-0.2, 0) is 11.3 Å². The Morgan fingerprint density at radius 3 is 2.80 bits per heavy atom. The van der Waals surface area contributed by atoms with Gasteiger partial charge in [0.05, 0.1) is 6.54 Å². The number of fused-ring (bicyclic) bond motifs is 1. The first kappa shape index (κ1) is 10.1. The lowest BCUT2D eigenvalue weighted by atomic mass is 10.2. The first-order valence-corrected chi connectivity index (χ1v) is 5.23. The van der Waals surface area contributed by atoms with Crippen LogP contribution in [0.5, 0.6) is 0 Å². The van der Waals surface area contributed by atoms with Crippen molar-refractivity contribution in [2.75, 3.05) is 0 Å². The van der Waals surface area contributed by atoms with Gasteiger partial charge in [0, 0.05) is 27.1 Å². The molecule has 1 aromatic carbocycles. The van der Waals surface area contributed by atoms with Crippen LogP contribution in [0.2, 0.25) is 0 Å². The summed E-state index contributed by atoms with van der Waals surface area (Å²) >= 11 is 3.35. The van der Waals surface area contributed by atoms with Crippen molar-refractivity contribution in [2.45, 2.75) is 6.54 Å². The van der Waals surface area contributed by atoms with Crippen LogP contribution in [-0.4, -0.2) is 17.1 Å². The van der Waals surface area contributed by atoms with E-state index in [0.717, 1.165) is 27.9 Å². The molecule has 76 valence electrons. The summed E-state index contributed by atoms with van der Waals surface area (Å²) in [5, 5.41) is 0.862. The molecule has 0 aliphatic carbocycles. The van der Waals surface area contributed by atoms with Crippen LogP contribution in [0.25, 0.3) is 10.9 Å². The average molecular weight is 266 g/mol. The molecule has 2 aromatic rings. The van der Waals surface area contributed by atoms with Crippen molar-refractivity contribution in [2.24, 2.45) is 0 Å². The zero-order chi connectivity index (χ0) is 10.8. The second-order valence-electron chi connectivity index (χ2n) is 3.18. The number of hydrogen-bond acceptors (Lipinski definition) is 2. The predicted octanol–water partition coefficient (Wildman–Crippen LogP) is 2.42. The van der Waals surface area contributed by atoms with Crippen LogP contribution in [0.15, 0.2) is 28.9 Å². The normalized spacial score (nSPS) is 10.5. The van der Waals surface area contributed by atoms with Gasteiger partial charge in [-0.15, -0.1) is 0 Å². The van der Waals surface area contributed by atoms with Crippen LogP contribution in [0.3, 0.4) is 0 Å². The van der Waals surface area contributed by atoms with Gasteiger partial charge in [-0.1, -0.05) is 15.9 Å². The highest BCUT2D eigenvalue weighted by Crippen LogP contribution is 2.23. The fraction of sp³-hybridized carbons (Fsp3) is 0.0909. The molecule has 4 heteroatoms. The molecule has 2 rings (SSSR count). The summed E-state index contributed by atoms with van der Waals surface area (Å²) in [6.45, 7) is 0.270. The van der Waals surface area contributed by atoms with Gasteiger partial charge >= 0.3 is 0 Å². The topological polar surface area (TPSA) is 39.1 Å². The van der Waals surface area contributed by atoms with Crippen LogP contribution >= 0.6 is 15.9 Å². The Morgan fingerprint density at radius 1 is 1.33 bits per heavy atom. The van der Waals surface area contributed by atoms with Crippen molar-refractivity contribution in [3.8, 4) is 0 Å². The number of hydrogen-bond donors (Lipinski definition) is 0. The van der Waals surface area contributed by atoms with Crippen molar-refractivity contribution < 1.29 is 9.59 Å². The maximum atomic E-state index is 10.8. The Morgan fingerprint density at radius 2 is 2.13 bits per heavy atom. The molecule has 0 aliphatic rings. The van der Waals surface area contributed by atoms with E-state index < -0.39 is 0 Å². The lowest BCUT2D eigenvalue weighted by Crippen LogP contribution is -1.95. The molecule has 0 saturated carbocycles. The fourth-order valence-electron chi connectivity index (χ4n) is 1.62. The van der Waals surface area contributed by atoms with E-state index in [1.807, 2.05) is 18.2 Å². The Labute approximate surface area is 94.8 Å². The molecule has 0 saturated heterocycles. The Hall–Kier alpha value is -1.42. The molecule has 1 heterocycles. The van der Waals surface area contributed by atoms with Gasteiger partial charge in [-0.3, -0.25) is 4.79 Å². The zero-order valence-corrected chi connectivity index (χ0v) is 9.40. The predicted molar refractivity (Wildman–Crippen MR) is 61.1 cm³/mol. The van der Waals surface area contributed by atoms with Crippen LogP contribution in [0.1, 0.15) is 10.4 Å². The molecule has 0 amide bonds.